The molecule has 0 saturated heterocycles. The van der Waals surface area contributed by atoms with Crippen LogP contribution >= 0.6 is 0 Å². The van der Waals surface area contributed by atoms with Crippen LogP contribution in [-0.4, -0.2) is 11.2 Å². The zero-order valence-corrected chi connectivity index (χ0v) is 15.3. The molecule has 0 bridgehead atoms. The van der Waals surface area contributed by atoms with Crippen molar-refractivity contribution in [3.63, 3.8) is 0 Å². The molecule has 0 fully saturated rings. The van der Waals surface area contributed by atoms with E-state index < -0.39 is 0 Å². The van der Waals surface area contributed by atoms with Crippen molar-refractivity contribution in [2.75, 3.05) is 6.61 Å². The molecule has 2 heteroatoms. The number of aromatic nitrogens is 1. The highest BCUT2D eigenvalue weighted by Gasteiger charge is 2.09. The molecular formula is C24H25NO. The molecule has 0 amide bonds. The molecule has 0 N–H and O–H groups in total. The van der Waals surface area contributed by atoms with Gasteiger partial charge < -0.3 is 9.30 Å². The van der Waals surface area contributed by atoms with E-state index in [1.165, 1.54) is 27.4 Å². The minimum Gasteiger partial charge on any atom is -0.493 e. The van der Waals surface area contributed by atoms with Gasteiger partial charge in [0.15, 0.2) is 0 Å². The summed E-state index contributed by atoms with van der Waals surface area (Å²) in [6.45, 7) is 3.96. The Morgan fingerprint density at radius 2 is 1.35 bits per heavy atom. The summed E-state index contributed by atoms with van der Waals surface area (Å²) < 4.78 is 8.46. The molecule has 4 rings (SSSR count). The van der Waals surface area contributed by atoms with Crippen molar-refractivity contribution in [1.82, 2.24) is 4.57 Å². The molecule has 0 aliphatic rings. The van der Waals surface area contributed by atoms with Crippen LogP contribution in [0.15, 0.2) is 72.8 Å². The lowest BCUT2D eigenvalue weighted by atomic mass is 10.1. The van der Waals surface area contributed by atoms with Gasteiger partial charge in [0.1, 0.15) is 5.75 Å². The highest BCUT2D eigenvalue weighted by Crippen LogP contribution is 2.29. The van der Waals surface area contributed by atoms with Crippen molar-refractivity contribution in [1.29, 1.82) is 0 Å². The van der Waals surface area contributed by atoms with Crippen LogP contribution in [0.25, 0.3) is 21.8 Å². The number of nitrogens with zero attached hydrogens (tertiary/aromatic N) is 1. The maximum absolute atomic E-state index is 6.01. The molecule has 0 spiro atoms. The number of benzene rings is 3. The zero-order valence-electron chi connectivity index (χ0n) is 15.3. The Morgan fingerprint density at radius 1 is 0.731 bits per heavy atom. The highest BCUT2D eigenvalue weighted by atomic mass is 16.5. The van der Waals surface area contributed by atoms with E-state index in [-0.39, 0.29) is 0 Å². The minimum absolute atomic E-state index is 0.772. The fourth-order valence-corrected chi connectivity index (χ4v) is 3.74. The van der Waals surface area contributed by atoms with E-state index in [1.807, 2.05) is 6.07 Å². The summed E-state index contributed by atoms with van der Waals surface area (Å²) in [5, 5.41) is 2.69. The average molecular weight is 343 g/mol. The predicted octanol–water partition coefficient (Wildman–Crippen LogP) is 6.22. The Kier molecular flexibility index (Phi) is 4.92. The first kappa shape index (κ1) is 16.7. The Balaban J connectivity index is 1.43. The second kappa shape index (κ2) is 7.65. The molecule has 1 heterocycles. The molecule has 0 saturated carbocycles. The van der Waals surface area contributed by atoms with Crippen molar-refractivity contribution in [2.24, 2.45) is 0 Å². The fourth-order valence-electron chi connectivity index (χ4n) is 3.74. The number of aryl methyl sites for hydroxylation is 2. The summed E-state index contributed by atoms with van der Waals surface area (Å²) in [5.74, 6) is 1.03. The highest BCUT2D eigenvalue weighted by molar-refractivity contribution is 6.07. The number of fused-ring (bicyclic) bond motifs is 3. The standard InChI is InChI=1S/C24H25NO/c1-2-19-11-3-8-16-24(19)26-18-10-9-17-25-22-14-6-4-12-20(22)21-13-5-7-15-23(21)25/h3-8,11-16H,2,9-10,17-18H2,1H3. The summed E-state index contributed by atoms with van der Waals surface area (Å²) in [6, 6.07) is 25.7. The Hall–Kier alpha value is -2.74. The van der Waals surface area contributed by atoms with E-state index in [0.29, 0.717) is 0 Å². The van der Waals surface area contributed by atoms with Crippen LogP contribution in [0.5, 0.6) is 5.75 Å². The first-order valence-corrected chi connectivity index (χ1v) is 9.55. The molecule has 0 radical (unpaired) electrons. The van der Waals surface area contributed by atoms with E-state index in [4.69, 9.17) is 4.74 Å². The van der Waals surface area contributed by atoms with Gasteiger partial charge in [0.2, 0.25) is 0 Å². The molecule has 4 aromatic rings. The summed E-state index contributed by atoms with van der Waals surface area (Å²) in [7, 11) is 0. The third-order valence-electron chi connectivity index (χ3n) is 5.07. The van der Waals surface area contributed by atoms with Crippen LogP contribution in [0.2, 0.25) is 0 Å². The average Bonchev–Trinajstić information content (AvgIpc) is 3.02. The van der Waals surface area contributed by atoms with Gasteiger partial charge in [-0.1, -0.05) is 61.5 Å². The molecule has 132 valence electrons. The van der Waals surface area contributed by atoms with E-state index in [1.54, 1.807) is 0 Å². The first-order chi connectivity index (χ1) is 12.9. The lowest BCUT2D eigenvalue weighted by molar-refractivity contribution is 0.301. The summed E-state index contributed by atoms with van der Waals surface area (Å²) >= 11 is 0. The Labute approximate surface area is 155 Å². The molecule has 2 nitrogen and oxygen atoms in total. The van der Waals surface area contributed by atoms with Crippen LogP contribution < -0.4 is 4.74 Å². The SMILES string of the molecule is CCc1ccccc1OCCCCn1c2ccccc2c2ccccc21. The van der Waals surface area contributed by atoms with Gasteiger partial charge >= 0.3 is 0 Å². The van der Waals surface area contributed by atoms with Crippen molar-refractivity contribution >= 4 is 21.8 Å². The maximum atomic E-state index is 6.01. The lowest BCUT2D eigenvalue weighted by Gasteiger charge is -2.11. The van der Waals surface area contributed by atoms with Gasteiger partial charge in [-0.2, -0.15) is 0 Å². The molecule has 0 atom stereocenters. The maximum Gasteiger partial charge on any atom is 0.122 e. The van der Waals surface area contributed by atoms with Gasteiger partial charge in [-0.15, -0.1) is 0 Å². The Morgan fingerprint density at radius 3 is 2.04 bits per heavy atom. The molecule has 26 heavy (non-hydrogen) atoms. The van der Waals surface area contributed by atoms with Crippen molar-refractivity contribution in [2.45, 2.75) is 32.7 Å². The second-order valence-electron chi connectivity index (χ2n) is 6.70. The number of rotatable bonds is 7. The van der Waals surface area contributed by atoms with Gasteiger partial charge in [0, 0.05) is 28.4 Å². The summed E-state index contributed by atoms with van der Waals surface area (Å²) in [4.78, 5) is 0. The molecule has 0 aliphatic heterocycles. The van der Waals surface area contributed by atoms with Gasteiger partial charge in [0.05, 0.1) is 6.61 Å². The number of hydrogen-bond donors (Lipinski definition) is 0. The van der Waals surface area contributed by atoms with Crippen LogP contribution in [0.3, 0.4) is 0 Å². The van der Waals surface area contributed by atoms with Crippen LogP contribution in [0.1, 0.15) is 25.3 Å². The van der Waals surface area contributed by atoms with Crippen molar-refractivity contribution in [3.05, 3.63) is 78.4 Å². The van der Waals surface area contributed by atoms with Gasteiger partial charge in [-0.3, -0.25) is 0 Å². The monoisotopic (exact) mass is 343 g/mol. The third-order valence-corrected chi connectivity index (χ3v) is 5.07. The normalized spacial score (nSPS) is 11.3. The fraction of sp³-hybridized carbons (Fsp3) is 0.250. The lowest BCUT2D eigenvalue weighted by Crippen LogP contribution is -2.03. The van der Waals surface area contributed by atoms with Crippen LogP contribution in [0, 0.1) is 0 Å². The molecule has 3 aromatic carbocycles. The van der Waals surface area contributed by atoms with E-state index in [2.05, 4.69) is 78.2 Å². The molecule has 0 aliphatic carbocycles. The van der Waals surface area contributed by atoms with Gasteiger partial charge in [-0.25, -0.2) is 0 Å². The second-order valence-corrected chi connectivity index (χ2v) is 6.70. The number of ether oxygens (including phenoxy) is 1. The topological polar surface area (TPSA) is 14.2 Å². The molecular weight excluding hydrogens is 318 g/mol. The zero-order chi connectivity index (χ0) is 17.8. The van der Waals surface area contributed by atoms with E-state index in [9.17, 15) is 0 Å². The number of para-hydroxylation sites is 3. The molecule has 0 unspecified atom stereocenters. The number of hydrogen-bond acceptors (Lipinski definition) is 1. The van der Waals surface area contributed by atoms with Crippen LogP contribution in [-0.2, 0) is 13.0 Å². The predicted molar refractivity (Wildman–Crippen MR) is 110 cm³/mol. The van der Waals surface area contributed by atoms with Crippen molar-refractivity contribution in [3.8, 4) is 5.75 Å². The minimum atomic E-state index is 0.772. The molecule has 1 aromatic heterocycles. The number of unbranched alkanes of at least 4 members (excludes halogenated alkanes) is 1. The largest absolute Gasteiger partial charge is 0.493 e. The first-order valence-electron chi connectivity index (χ1n) is 9.55. The summed E-state index contributed by atoms with van der Waals surface area (Å²) in [5.41, 5.74) is 3.94. The van der Waals surface area contributed by atoms with Gasteiger partial charge in [-0.05, 0) is 43.0 Å². The smallest absolute Gasteiger partial charge is 0.122 e. The third kappa shape index (κ3) is 3.20. The van der Waals surface area contributed by atoms with E-state index in [0.717, 1.165) is 38.2 Å². The van der Waals surface area contributed by atoms with E-state index >= 15 is 0 Å². The van der Waals surface area contributed by atoms with Crippen LogP contribution in [0.4, 0.5) is 0 Å². The van der Waals surface area contributed by atoms with Gasteiger partial charge in [0.25, 0.3) is 0 Å². The summed E-state index contributed by atoms with van der Waals surface area (Å²) in [6.07, 6.45) is 3.17. The quantitative estimate of drug-likeness (QED) is 0.364. The van der Waals surface area contributed by atoms with Crippen molar-refractivity contribution < 1.29 is 4.74 Å². The Bertz CT molecular complexity index is 962.